The zero-order chi connectivity index (χ0) is 23.4. The summed E-state index contributed by atoms with van der Waals surface area (Å²) in [5.41, 5.74) is 1.49. The summed E-state index contributed by atoms with van der Waals surface area (Å²) in [6.07, 6.45) is 1.32. The third kappa shape index (κ3) is 5.22. The quantitative estimate of drug-likeness (QED) is 0.238. The zero-order valence-electron chi connectivity index (χ0n) is 17.4. The summed E-state index contributed by atoms with van der Waals surface area (Å²) in [5.74, 6) is -0.412. The molecule has 0 aliphatic carbocycles. The molecule has 164 valence electrons. The molecule has 1 aromatic carbocycles. The van der Waals surface area contributed by atoms with Gasteiger partial charge in [0.1, 0.15) is 28.2 Å². The Morgan fingerprint density at radius 2 is 1.91 bits per heavy atom. The van der Waals surface area contributed by atoms with Crippen LogP contribution < -0.4 is 5.32 Å². The fourth-order valence-electron chi connectivity index (χ4n) is 2.91. The third-order valence-corrected chi connectivity index (χ3v) is 6.08. The number of anilines is 1. The average molecular weight is 489 g/mol. The van der Waals surface area contributed by atoms with E-state index in [4.69, 9.17) is 32.4 Å². The van der Waals surface area contributed by atoms with Crippen molar-refractivity contribution < 1.29 is 18.7 Å². The van der Waals surface area contributed by atoms with Gasteiger partial charge < -0.3 is 14.5 Å². The fraction of sp³-hybridized carbons (Fsp3) is 0.174. The van der Waals surface area contributed by atoms with Crippen LogP contribution >= 0.6 is 34.5 Å². The van der Waals surface area contributed by atoms with Gasteiger partial charge in [0.2, 0.25) is 0 Å². The first-order valence-electron chi connectivity index (χ1n) is 9.50. The number of nitrogens with one attached hydrogen (secondary N) is 1. The van der Waals surface area contributed by atoms with Crippen LogP contribution in [-0.4, -0.2) is 18.5 Å². The van der Waals surface area contributed by atoms with Crippen LogP contribution in [0.5, 0.6) is 0 Å². The van der Waals surface area contributed by atoms with E-state index in [1.165, 1.54) is 17.4 Å². The number of hydrogen-bond acceptors (Lipinski definition) is 6. The summed E-state index contributed by atoms with van der Waals surface area (Å²) < 4.78 is 10.8. The maximum Gasteiger partial charge on any atom is 0.341 e. The molecule has 0 bridgehead atoms. The number of rotatable bonds is 6. The van der Waals surface area contributed by atoms with Gasteiger partial charge in [0.25, 0.3) is 5.91 Å². The number of ether oxygens (including phenoxy) is 1. The van der Waals surface area contributed by atoms with Gasteiger partial charge in [-0.25, -0.2) is 4.79 Å². The summed E-state index contributed by atoms with van der Waals surface area (Å²) in [5, 5.41) is 13.4. The number of furan rings is 1. The maximum absolute atomic E-state index is 12.7. The summed E-state index contributed by atoms with van der Waals surface area (Å²) in [6, 6.07) is 10.2. The second kappa shape index (κ2) is 10.0. The first-order valence-corrected chi connectivity index (χ1v) is 11.1. The van der Waals surface area contributed by atoms with Crippen molar-refractivity contribution in [1.82, 2.24) is 0 Å². The van der Waals surface area contributed by atoms with Gasteiger partial charge in [-0.15, -0.1) is 11.3 Å². The van der Waals surface area contributed by atoms with Crippen LogP contribution in [0.4, 0.5) is 5.00 Å². The van der Waals surface area contributed by atoms with Crippen LogP contribution in [0.2, 0.25) is 10.0 Å². The van der Waals surface area contributed by atoms with Crippen molar-refractivity contribution in [3.05, 3.63) is 67.7 Å². The predicted molar refractivity (Wildman–Crippen MR) is 126 cm³/mol. The van der Waals surface area contributed by atoms with E-state index in [9.17, 15) is 14.9 Å². The number of benzene rings is 1. The molecule has 9 heteroatoms. The van der Waals surface area contributed by atoms with E-state index in [1.54, 1.807) is 44.2 Å². The Morgan fingerprint density at radius 1 is 1.22 bits per heavy atom. The molecular weight excluding hydrogens is 471 g/mol. The molecule has 0 saturated carbocycles. The van der Waals surface area contributed by atoms with E-state index in [1.807, 2.05) is 13.0 Å². The molecule has 0 fully saturated rings. The van der Waals surface area contributed by atoms with Crippen LogP contribution in [0.1, 0.15) is 33.5 Å². The number of carbonyl (C=O) groups excluding carboxylic acids is 2. The zero-order valence-corrected chi connectivity index (χ0v) is 19.7. The van der Waals surface area contributed by atoms with E-state index >= 15 is 0 Å². The highest BCUT2D eigenvalue weighted by atomic mass is 35.5. The molecular formula is C23H18Cl2N2O4S. The molecule has 0 radical (unpaired) electrons. The van der Waals surface area contributed by atoms with Gasteiger partial charge in [0, 0.05) is 26.6 Å². The highest BCUT2D eigenvalue weighted by molar-refractivity contribution is 7.16. The fourth-order valence-corrected chi connectivity index (χ4v) is 4.48. The van der Waals surface area contributed by atoms with Crippen molar-refractivity contribution in [3.8, 4) is 17.4 Å². The van der Waals surface area contributed by atoms with Crippen LogP contribution in [0, 0.1) is 25.2 Å². The largest absolute Gasteiger partial charge is 0.462 e. The van der Waals surface area contributed by atoms with E-state index in [2.05, 4.69) is 5.32 Å². The molecule has 32 heavy (non-hydrogen) atoms. The number of amides is 1. The second-order valence-electron chi connectivity index (χ2n) is 6.69. The average Bonchev–Trinajstić information content (AvgIpc) is 3.30. The number of nitriles is 1. The number of halogens is 2. The standard InChI is InChI=1S/C23H18Cl2N2O4S/c1-4-30-23(29)20-12(2)13(3)32-22(20)27-21(28)15(11-26)9-18-5-6-19(31-18)14-7-16(24)10-17(25)8-14/h5-10H,4H2,1-3H3,(H,27,28). The number of nitrogens with zero attached hydrogens (tertiary/aromatic N) is 1. The van der Waals surface area contributed by atoms with Gasteiger partial charge in [-0.2, -0.15) is 5.26 Å². The van der Waals surface area contributed by atoms with E-state index < -0.39 is 11.9 Å². The molecule has 1 N–H and O–H groups in total. The topological polar surface area (TPSA) is 92.3 Å². The lowest BCUT2D eigenvalue weighted by atomic mass is 10.1. The molecule has 0 atom stereocenters. The summed E-state index contributed by atoms with van der Waals surface area (Å²) in [7, 11) is 0. The smallest absolute Gasteiger partial charge is 0.341 e. The molecule has 3 aromatic rings. The number of aryl methyl sites for hydroxylation is 1. The molecule has 0 aliphatic heterocycles. The van der Waals surface area contributed by atoms with Crippen molar-refractivity contribution >= 4 is 57.5 Å². The van der Waals surface area contributed by atoms with Crippen molar-refractivity contribution in [3.63, 3.8) is 0 Å². The maximum atomic E-state index is 12.7. The van der Waals surface area contributed by atoms with Crippen molar-refractivity contribution in [1.29, 1.82) is 5.26 Å². The highest BCUT2D eigenvalue weighted by Gasteiger charge is 2.23. The summed E-state index contributed by atoms with van der Waals surface area (Å²) >= 11 is 13.3. The Kier molecular flexibility index (Phi) is 7.41. The number of carbonyl (C=O) groups is 2. The molecule has 6 nitrogen and oxygen atoms in total. The minimum Gasteiger partial charge on any atom is -0.462 e. The Balaban J connectivity index is 1.86. The van der Waals surface area contributed by atoms with Crippen LogP contribution in [-0.2, 0) is 9.53 Å². The second-order valence-corrected chi connectivity index (χ2v) is 8.79. The SMILES string of the molecule is CCOC(=O)c1c(NC(=O)C(C#N)=Cc2ccc(-c3cc(Cl)cc(Cl)c3)o2)sc(C)c1C. The molecule has 3 rings (SSSR count). The monoisotopic (exact) mass is 488 g/mol. The van der Waals surface area contributed by atoms with Gasteiger partial charge in [0.15, 0.2) is 0 Å². The van der Waals surface area contributed by atoms with E-state index in [0.29, 0.717) is 32.1 Å². The molecule has 0 unspecified atom stereocenters. The normalized spacial score (nSPS) is 11.2. The molecule has 2 aromatic heterocycles. The number of hydrogen-bond donors (Lipinski definition) is 1. The van der Waals surface area contributed by atoms with Crippen LogP contribution in [0.15, 0.2) is 40.3 Å². The highest BCUT2D eigenvalue weighted by Crippen LogP contribution is 2.34. The lowest BCUT2D eigenvalue weighted by Crippen LogP contribution is -2.16. The number of thiophene rings is 1. The lowest BCUT2D eigenvalue weighted by Gasteiger charge is -2.06. The Bertz CT molecular complexity index is 1250. The van der Waals surface area contributed by atoms with Crippen molar-refractivity contribution in [2.45, 2.75) is 20.8 Å². The van der Waals surface area contributed by atoms with E-state index in [0.717, 1.165) is 10.4 Å². The van der Waals surface area contributed by atoms with Gasteiger partial charge in [0.05, 0.1) is 12.2 Å². The predicted octanol–water partition coefficient (Wildman–Crippen LogP) is 6.65. The minimum atomic E-state index is -0.664. The Labute approximate surface area is 199 Å². The molecule has 0 aliphatic rings. The van der Waals surface area contributed by atoms with Gasteiger partial charge >= 0.3 is 5.97 Å². The Hall–Kier alpha value is -3.05. The van der Waals surface area contributed by atoms with Crippen LogP contribution in [0.25, 0.3) is 17.4 Å². The van der Waals surface area contributed by atoms with Crippen molar-refractivity contribution in [2.75, 3.05) is 11.9 Å². The minimum absolute atomic E-state index is 0.187. The van der Waals surface area contributed by atoms with Crippen LogP contribution in [0.3, 0.4) is 0 Å². The molecule has 0 spiro atoms. The first-order chi connectivity index (χ1) is 15.2. The third-order valence-electron chi connectivity index (χ3n) is 4.52. The number of esters is 1. The van der Waals surface area contributed by atoms with Crippen molar-refractivity contribution in [2.24, 2.45) is 0 Å². The summed E-state index contributed by atoms with van der Waals surface area (Å²) in [6.45, 7) is 5.53. The van der Waals surface area contributed by atoms with Gasteiger partial charge in [-0.05, 0) is 56.7 Å². The van der Waals surface area contributed by atoms with Gasteiger partial charge in [-0.3, -0.25) is 4.79 Å². The first kappa shape index (κ1) is 23.6. The van der Waals surface area contributed by atoms with E-state index in [-0.39, 0.29) is 17.7 Å². The lowest BCUT2D eigenvalue weighted by molar-refractivity contribution is -0.112. The molecule has 2 heterocycles. The van der Waals surface area contributed by atoms with Gasteiger partial charge in [-0.1, -0.05) is 23.2 Å². The molecule has 1 amide bonds. The Morgan fingerprint density at radius 3 is 2.53 bits per heavy atom. The summed E-state index contributed by atoms with van der Waals surface area (Å²) in [4.78, 5) is 25.9. The molecule has 0 saturated heterocycles.